The second kappa shape index (κ2) is 7.12. The van der Waals surface area contributed by atoms with Crippen LogP contribution >= 0.6 is 0 Å². The van der Waals surface area contributed by atoms with Crippen LogP contribution < -0.4 is 0 Å². The van der Waals surface area contributed by atoms with E-state index in [1.54, 1.807) is 24.3 Å². The van der Waals surface area contributed by atoms with Crippen molar-refractivity contribution in [3.8, 4) is 11.5 Å². The molecule has 0 aliphatic carbocycles. The van der Waals surface area contributed by atoms with Crippen molar-refractivity contribution in [1.29, 1.82) is 0 Å². The van der Waals surface area contributed by atoms with Crippen molar-refractivity contribution in [3.05, 3.63) is 59.7 Å². The summed E-state index contributed by atoms with van der Waals surface area (Å²) >= 11 is 0. The molecule has 4 rings (SSSR count). The van der Waals surface area contributed by atoms with Crippen LogP contribution in [0.25, 0.3) is 0 Å². The van der Waals surface area contributed by atoms with E-state index in [0.717, 1.165) is 0 Å². The molecule has 2 aromatic rings. The molecule has 0 radical (unpaired) electrons. The summed E-state index contributed by atoms with van der Waals surface area (Å²) in [6.45, 7) is 0.200. The van der Waals surface area contributed by atoms with Crippen LogP contribution in [0, 0.1) is 0 Å². The van der Waals surface area contributed by atoms with E-state index in [-0.39, 0.29) is 24.7 Å². The number of benzene rings is 2. The van der Waals surface area contributed by atoms with Crippen LogP contribution in [0.5, 0.6) is 11.5 Å². The molecule has 2 aliphatic heterocycles. The fraction of sp³-hybridized carbons (Fsp3) is 0.125. The van der Waals surface area contributed by atoms with Crippen LogP contribution in [0.4, 0.5) is 0 Å². The van der Waals surface area contributed by atoms with E-state index in [1.807, 2.05) is 0 Å². The molecule has 0 amide bonds. The Labute approximate surface area is 126 Å². The smallest absolute Gasteiger partial charge is 0.338 e. The first-order valence-electron chi connectivity index (χ1n) is 6.48. The van der Waals surface area contributed by atoms with Gasteiger partial charge in [-0.15, -0.1) is 0 Å². The van der Waals surface area contributed by atoms with Gasteiger partial charge in [0.1, 0.15) is 24.7 Å². The van der Waals surface area contributed by atoms with Gasteiger partial charge in [-0.05, 0) is 48.5 Å². The average molecular weight is 302 g/mol. The molecule has 0 saturated carbocycles. The summed E-state index contributed by atoms with van der Waals surface area (Å²) in [5.74, 6) is -0.449. The van der Waals surface area contributed by atoms with Crippen LogP contribution in [0.2, 0.25) is 0 Å². The quantitative estimate of drug-likeness (QED) is 0.572. The molecule has 0 unspecified atom stereocenters. The van der Waals surface area contributed by atoms with Crippen LogP contribution in [-0.2, 0) is 9.47 Å². The standard InChI is InChI=1S/C10H8O4.C6H6O2/c11-9-7-1-2-8(4-3-7)10(12)14-6-5-13-9;7-5-1-2-6(8)4-3-5/h1-4H,5-6H2;1-4,7-8H. The van der Waals surface area contributed by atoms with Crippen molar-refractivity contribution >= 4 is 11.9 Å². The summed E-state index contributed by atoms with van der Waals surface area (Å²) in [6, 6.07) is 11.9. The number of hydrogen-bond donors (Lipinski definition) is 2. The van der Waals surface area contributed by atoms with Crippen molar-refractivity contribution in [1.82, 2.24) is 0 Å². The molecule has 0 aromatic heterocycles. The van der Waals surface area contributed by atoms with Gasteiger partial charge in [-0.25, -0.2) is 9.59 Å². The van der Waals surface area contributed by atoms with Gasteiger partial charge >= 0.3 is 11.9 Å². The minimum absolute atomic E-state index is 0.100. The van der Waals surface area contributed by atoms with Crippen LogP contribution in [0.1, 0.15) is 20.7 Å². The minimum Gasteiger partial charge on any atom is -0.508 e. The van der Waals surface area contributed by atoms with Crippen LogP contribution in [0.3, 0.4) is 0 Å². The highest BCUT2D eigenvalue weighted by molar-refractivity contribution is 5.93. The summed E-state index contributed by atoms with van der Waals surface area (Å²) in [5, 5.41) is 17.3. The van der Waals surface area contributed by atoms with Gasteiger partial charge in [0.15, 0.2) is 0 Å². The maximum absolute atomic E-state index is 11.3. The molecule has 2 bridgehead atoms. The highest BCUT2D eigenvalue weighted by atomic mass is 16.6. The Morgan fingerprint density at radius 2 is 0.955 bits per heavy atom. The Morgan fingerprint density at radius 1 is 0.636 bits per heavy atom. The highest BCUT2D eigenvalue weighted by Crippen LogP contribution is 2.13. The maximum Gasteiger partial charge on any atom is 0.338 e. The van der Waals surface area contributed by atoms with Crippen molar-refractivity contribution in [2.24, 2.45) is 0 Å². The van der Waals surface area contributed by atoms with Gasteiger partial charge in [0.05, 0.1) is 11.1 Å². The summed E-state index contributed by atoms with van der Waals surface area (Å²) in [6.07, 6.45) is 0. The summed E-state index contributed by atoms with van der Waals surface area (Å²) in [4.78, 5) is 22.5. The monoisotopic (exact) mass is 302 g/mol. The molecule has 114 valence electrons. The minimum atomic E-state index is -0.394. The molecule has 0 fully saturated rings. The largest absolute Gasteiger partial charge is 0.508 e. The van der Waals surface area contributed by atoms with E-state index in [1.165, 1.54) is 24.3 Å². The number of carbonyl (C=O) groups excluding carboxylic acids is 2. The third-order valence-corrected chi connectivity index (χ3v) is 2.76. The van der Waals surface area contributed by atoms with Gasteiger partial charge in [-0.1, -0.05) is 0 Å². The number of rotatable bonds is 0. The molecule has 2 aliphatic rings. The topological polar surface area (TPSA) is 93.1 Å². The van der Waals surface area contributed by atoms with E-state index < -0.39 is 11.9 Å². The lowest BCUT2D eigenvalue weighted by Crippen LogP contribution is -2.16. The molecule has 2 N–H and O–H groups in total. The molecule has 22 heavy (non-hydrogen) atoms. The van der Waals surface area contributed by atoms with Gasteiger partial charge in [0, 0.05) is 0 Å². The van der Waals surface area contributed by atoms with Crippen molar-refractivity contribution in [3.63, 3.8) is 0 Å². The zero-order valence-corrected chi connectivity index (χ0v) is 11.6. The lowest BCUT2D eigenvalue weighted by molar-refractivity contribution is 0.0260. The van der Waals surface area contributed by atoms with Crippen molar-refractivity contribution in [2.45, 2.75) is 0 Å². The molecule has 0 saturated heterocycles. The van der Waals surface area contributed by atoms with Gasteiger partial charge in [0.2, 0.25) is 0 Å². The number of esters is 2. The Kier molecular flexibility index (Phi) is 4.98. The maximum atomic E-state index is 11.3. The number of phenolic OH excluding ortho intramolecular Hbond substituents is 2. The average Bonchev–Trinajstić information content (AvgIpc) is 2.54. The van der Waals surface area contributed by atoms with E-state index in [4.69, 9.17) is 19.7 Å². The number of carbonyl (C=O) groups is 2. The summed E-state index contributed by atoms with van der Waals surface area (Å²) < 4.78 is 9.66. The highest BCUT2D eigenvalue weighted by Gasteiger charge is 2.13. The van der Waals surface area contributed by atoms with Crippen LogP contribution in [-0.4, -0.2) is 35.4 Å². The summed E-state index contributed by atoms with van der Waals surface area (Å²) in [7, 11) is 0. The molecule has 2 aromatic carbocycles. The molecule has 6 heteroatoms. The number of hydrogen-bond acceptors (Lipinski definition) is 6. The lowest BCUT2D eigenvalue weighted by Gasteiger charge is -2.09. The Morgan fingerprint density at radius 3 is 1.27 bits per heavy atom. The molecule has 2 heterocycles. The molecular formula is C16H14O6. The van der Waals surface area contributed by atoms with Gasteiger partial charge in [-0.3, -0.25) is 0 Å². The number of aromatic hydroxyl groups is 2. The predicted molar refractivity (Wildman–Crippen MR) is 76.8 cm³/mol. The van der Waals surface area contributed by atoms with Gasteiger partial charge in [0.25, 0.3) is 0 Å². The third kappa shape index (κ3) is 4.24. The number of fused-ring (bicyclic) bond motifs is 7. The first-order valence-corrected chi connectivity index (χ1v) is 6.48. The lowest BCUT2D eigenvalue weighted by atomic mass is 10.1. The van der Waals surface area contributed by atoms with Crippen molar-refractivity contribution in [2.75, 3.05) is 13.2 Å². The van der Waals surface area contributed by atoms with Crippen molar-refractivity contribution < 1.29 is 29.3 Å². The fourth-order valence-electron chi connectivity index (χ4n) is 1.63. The van der Waals surface area contributed by atoms with Gasteiger partial charge < -0.3 is 19.7 Å². The number of phenols is 2. The molecule has 0 spiro atoms. The Hall–Kier alpha value is -3.02. The Balaban J connectivity index is 0.000000188. The van der Waals surface area contributed by atoms with E-state index in [2.05, 4.69) is 0 Å². The first kappa shape index (κ1) is 15.4. The van der Waals surface area contributed by atoms with E-state index >= 15 is 0 Å². The third-order valence-electron chi connectivity index (χ3n) is 2.76. The number of ether oxygens (including phenoxy) is 2. The zero-order valence-electron chi connectivity index (χ0n) is 11.6. The zero-order chi connectivity index (χ0) is 15.9. The second-order valence-electron chi connectivity index (χ2n) is 4.37. The van der Waals surface area contributed by atoms with E-state index in [9.17, 15) is 9.59 Å². The predicted octanol–water partition coefficient (Wildman–Crippen LogP) is 2.11. The van der Waals surface area contributed by atoms with Crippen LogP contribution in [0.15, 0.2) is 48.5 Å². The van der Waals surface area contributed by atoms with Gasteiger partial charge in [-0.2, -0.15) is 0 Å². The van der Waals surface area contributed by atoms with E-state index in [0.29, 0.717) is 11.1 Å². The Bertz CT molecular complexity index is 587. The molecule has 6 nitrogen and oxygen atoms in total. The summed E-state index contributed by atoms with van der Waals surface area (Å²) in [5.41, 5.74) is 0.895. The normalized spacial score (nSPS) is 13.5. The first-order chi connectivity index (χ1) is 10.6. The fourth-order valence-corrected chi connectivity index (χ4v) is 1.63. The second-order valence-corrected chi connectivity index (χ2v) is 4.37. The molecular weight excluding hydrogens is 288 g/mol. The molecule has 0 atom stereocenters. The SMILES string of the molecule is O=C1OCCOC(=O)c2ccc1cc2.Oc1ccc(O)cc1.